The topological polar surface area (TPSA) is 91.3 Å². The van der Waals surface area contributed by atoms with E-state index in [0.29, 0.717) is 10.6 Å². The van der Waals surface area contributed by atoms with Gasteiger partial charge in [-0.05, 0) is 17.7 Å². The molecule has 10 heteroatoms. The van der Waals surface area contributed by atoms with Gasteiger partial charge in [-0.3, -0.25) is 0 Å². The molecule has 0 aliphatic carbocycles. The number of halogens is 1. The van der Waals surface area contributed by atoms with Gasteiger partial charge in [-0.25, -0.2) is 0 Å². The molecular formula is C12H17ClO7P2+2. The Balaban J connectivity index is 2.79. The van der Waals surface area contributed by atoms with Crippen LogP contribution in [0.15, 0.2) is 24.3 Å². The van der Waals surface area contributed by atoms with Gasteiger partial charge in [0.05, 0.1) is 14.2 Å². The van der Waals surface area contributed by atoms with Gasteiger partial charge < -0.3 is 5.11 Å². The van der Waals surface area contributed by atoms with Crippen LogP contribution in [0.2, 0.25) is 5.02 Å². The Kier molecular flexibility index (Phi) is 8.54. The molecule has 0 spiro atoms. The standard InChI is InChI=1S/C12H17ClO7P2/c1-17-21(15)19-8-12(14,9-20-22(16)18-2)7-10-4-3-5-11(13)6-10/h3-6,14H,7-9H2,1-2H3/q+2. The Morgan fingerprint density at radius 1 is 1.14 bits per heavy atom. The van der Waals surface area contributed by atoms with Crippen molar-refractivity contribution in [2.75, 3.05) is 27.4 Å². The quantitative estimate of drug-likeness (QED) is 0.632. The zero-order valence-electron chi connectivity index (χ0n) is 12.1. The lowest BCUT2D eigenvalue weighted by molar-refractivity contribution is -0.0413. The molecule has 7 nitrogen and oxygen atoms in total. The van der Waals surface area contributed by atoms with E-state index in [0.717, 1.165) is 0 Å². The van der Waals surface area contributed by atoms with Crippen LogP contribution in [0.1, 0.15) is 5.56 Å². The van der Waals surface area contributed by atoms with Gasteiger partial charge in [0.1, 0.15) is 18.8 Å². The normalized spacial score (nSPS) is 15.3. The Morgan fingerprint density at radius 3 is 2.14 bits per heavy atom. The van der Waals surface area contributed by atoms with E-state index in [1.54, 1.807) is 24.3 Å². The van der Waals surface area contributed by atoms with Gasteiger partial charge in [-0.15, -0.1) is 18.1 Å². The Bertz CT molecular complexity index is 506. The summed E-state index contributed by atoms with van der Waals surface area (Å²) in [6.45, 7) is -0.676. The van der Waals surface area contributed by atoms with E-state index in [-0.39, 0.29) is 19.6 Å². The second-order valence-electron chi connectivity index (χ2n) is 4.39. The fourth-order valence-corrected chi connectivity index (χ4v) is 2.74. The third kappa shape index (κ3) is 7.18. The van der Waals surface area contributed by atoms with Crippen molar-refractivity contribution in [3.63, 3.8) is 0 Å². The van der Waals surface area contributed by atoms with Crippen molar-refractivity contribution in [1.29, 1.82) is 0 Å². The summed E-state index contributed by atoms with van der Waals surface area (Å²) in [6, 6.07) is 6.84. The second-order valence-corrected chi connectivity index (χ2v) is 6.97. The first-order chi connectivity index (χ1) is 10.4. The van der Waals surface area contributed by atoms with Crippen molar-refractivity contribution >= 4 is 28.1 Å². The first-order valence-corrected chi connectivity index (χ1v) is 8.71. The molecule has 0 saturated heterocycles. The summed E-state index contributed by atoms with van der Waals surface area (Å²) < 4.78 is 41.2. The van der Waals surface area contributed by atoms with E-state index in [4.69, 9.17) is 20.6 Å². The molecule has 22 heavy (non-hydrogen) atoms. The highest BCUT2D eigenvalue weighted by Gasteiger charge is 2.37. The molecule has 2 unspecified atom stereocenters. The lowest BCUT2D eigenvalue weighted by Crippen LogP contribution is -2.40. The van der Waals surface area contributed by atoms with Crippen molar-refractivity contribution in [3.05, 3.63) is 34.9 Å². The van der Waals surface area contributed by atoms with Crippen molar-refractivity contribution in [2.45, 2.75) is 12.0 Å². The Hall–Kier alpha value is -0.490. The third-order valence-corrected chi connectivity index (χ3v) is 4.11. The molecule has 122 valence electrons. The van der Waals surface area contributed by atoms with Gasteiger partial charge in [-0.2, -0.15) is 0 Å². The molecule has 0 aromatic heterocycles. The summed E-state index contributed by atoms with van der Waals surface area (Å²) in [7, 11) is -2.27. The maximum atomic E-state index is 11.2. The molecule has 0 amide bonds. The smallest absolute Gasteiger partial charge is 0.384 e. The lowest BCUT2D eigenvalue weighted by atomic mass is 9.96. The summed E-state index contributed by atoms with van der Waals surface area (Å²) in [5.74, 6) is 0. The van der Waals surface area contributed by atoms with Crippen molar-refractivity contribution in [1.82, 2.24) is 0 Å². The number of benzene rings is 1. The van der Waals surface area contributed by atoms with Gasteiger partial charge in [0.2, 0.25) is 0 Å². The molecular weight excluding hydrogens is 354 g/mol. The highest BCUT2D eigenvalue weighted by atomic mass is 35.5. The summed E-state index contributed by atoms with van der Waals surface area (Å²) in [4.78, 5) is 0. The van der Waals surface area contributed by atoms with E-state index in [1.807, 2.05) is 0 Å². The lowest BCUT2D eigenvalue weighted by Gasteiger charge is -2.22. The van der Waals surface area contributed by atoms with Gasteiger partial charge in [0.15, 0.2) is 0 Å². The second kappa shape index (κ2) is 9.60. The summed E-state index contributed by atoms with van der Waals surface area (Å²) in [6.07, 6.45) is 0.0906. The van der Waals surface area contributed by atoms with E-state index in [9.17, 15) is 14.2 Å². The molecule has 0 radical (unpaired) electrons. The minimum absolute atomic E-state index is 0.0906. The Labute approximate surface area is 135 Å². The average Bonchev–Trinajstić information content (AvgIpc) is 2.50. The maximum Gasteiger partial charge on any atom is 0.697 e. The molecule has 2 atom stereocenters. The van der Waals surface area contributed by atoms with Gasteiger partial charge in [-0.1, -0.05) is 23.7 Å². The maximum absolute atomic E-state index is 11.2. The molecule has 1 N–H and O–H groups in total. The van der Waals surface area contributed by atoms with Crippen LogP contribution >= 0.6 is 28.1 Å². The number of rotatable bonds is 10. The summed E-state index contributed by atoms with van der Waals surface area (Å²) in [5, 5.41) is 11.1. The molecule has 0 fully saturated rings. The van der Waals surface area contributed by atoms with Crippen molar-refractivity contribution in [2.24, 2.45) is 0 Å². The Morgan fingerprint density at radius 2 is 1.68 bits per heavy atom. The SMILES string of the molecule is CO[P+](=O)OCC(O)(CO[P+](=O)OC)Cc1cccc(Cl)c1. The highest BCUT2D eigenvalue weighted by Crippen LogP contribution is 2.29. The summed E-state index contributed by atoms with van der Waals surface area (Å²) in [5.41, 5.74) is -0.861. The fraction of sp³-hybridized carbons (Fsp3) is 0.500. The minimum Gasteiger partial charge on any atom is -0.384 e. The molecule has 0 heterocycles. The van der Waals surface area contributed by atoms with Crippen LogP contribution in [0, 0.1) is 0 Å². The average molecular weight is 371 g/mol. The summed E-state index contributed by atoms with van der Waals surface area (Å²) >= 11 is 5.90. The zero-order chi connectivity index (χ0) is 16.6. The van der Waals surface area contributed by atoms with E-state index in [1.165, 1.54) is 14.2 Å². The van der Waals surface area contributed by atoms with Crippen LogP contribution in [0.5, 0.6) is 0 Å². The first-order valence-electron chi connectivity index (χ1n) is 6.14. The zero-order valence-corrected chi connectivity index (χ0v) is 14.6. The third-order valence-electron chi connectivity index (χ3n) is 2.60. The van der Waals surface area contributed by atoms with Gasteiger partial charge in [0, 0.05) is 20.6 Å². The monoisotopic (exact) mass is 370 g/mol. The highest BCUT2D eigenvalue weighted by molar-refractivity contribution is 7.33. The first kappa shape index (κ1) is 19.6. The largest absolute Gasteiger partial charge is 0.697 e. The molecule has 0 aliphatic rings. The molecule has 1 aromatic rings. The van der Waals surface area contributed by atoms with E-state index in [2.05, 4.69) is 9.05 Å². The predicted octanol–water partition coefficient (Wildman–Crippen LogP) is 3.25. The van der Waals surface area contributed by atoms with Crippen LogP contribution in [0.3, 0.4) is 0 Å². The van der Waals surface area contributed by atoms with Gasteiger partial charge >= 0.3 is 16.5 Å². The van der Waals surface area contributed by atoms with Gasteiger partial charge in [0.25, 0.3) is 0 Å². The molecule has 0 bridgehead atoms. The molecule has 0 aliphatic heterocycles. The molecule has 0 saturated carbocycles. The fourth-order valence-electron chi connectivity index (χ4n) is 1.62. The van der Waals surface area contributed by atoms with Crippen LogP contribution < -0.4 is 0 Å². The van der Waals surface area contributed by atoms with Crippen LogP contribution in [0.25, 0.3) is 0 Å². The minimum atomic E-state index is -2.35. The van der Waals surface area contributed by atoms with Crippen molar-refractivity contribution < 1.29 is 32.3 Å². The van der Waals surface area contributed by atoms with Crippen molar-refractivity contribution in [3.8, 4) is 0 Å². The molecule has 1 aromatic carbocycles. The number of aliphatic hydroxyl groups is 1. The van der Waals surface area contributed by atoms with E-state index < -0.39 is 22.1 Å². The van der Waals surface area contributed by atoms with Crippen LogP contribution in [-0.4, -0.2) is 38.1 Å². The number of hydrogen-bond donors (Lipinski definition) is 1. The number of hydrogen-bond acceptors (Lipinski definition) is 7. The predicted molar refractivity (Wildman–Crippen MR) is 81.2 cm³/mol. The van der Waals surface area contributed by atoms with Crippen LogP contribution in [0.4, 0.5) is 0 Å². The van der Waals surface area contributed by atoms with Crippen LogP contribution in [-0.2, 0) is 33.6 Å². The molecule has 1 rings (SSSR count). The van der Waals surface area contributed by atoms with E-state index >= 15 is 0 Å².